The van der Waals surface area contributed by atoms with Gasteiger partial charge in [0.25, 0.3) is 0 Å². The highest BCUT2D eigenvalue weighted by Gasteiger charge is 2.15. The van der Waals surface area contributed by atoms with Gasteiger partial charge in [0.2, 0.25) is 0 Å². The van der Waals surface area contributed by atoms with Crippen molar-refractivity contribution in [1.82, 2.24) is 14.8 Å². The minimum absolute atomic E-state index is 0.394. The number of rotatable bonds is 9. The highest BCUT2D eigenvalue weighted by molar-refractivity contribution is 6.76. The Balaban J connectivity index is 1.74. The number of hydrogen-bond acceptors (Lipinski definition) is 5. The molecule has 8 heteroatoms. The molecule has 0 bridgehead atoms. The Labute approximate surface area is 171 Å². The van der Waals surface area contributed by atoms with Crippen LogP contribution in [0.15, 0.2) is 36.5 Å². The first-order valence-electron chi connectivity index (χ1n) is 9.33. The van der Waals surface area contributed by atoms with Crippen molar-refractivity contribution in [1.29, 1.82) is 0 Å². The quantitative estimate of drug-likeness (QED) is 0.390. The molecule has 0 radical (unpaired) electrons. The van der Waals surface area contributed by atoms with E-state index in [1.165, 1.54) is 0 Å². The van der Waals surface area contributed by atoms with Crippen molar-refractivity contribution in [3.05, 3.63) is 47.2 Å². The van der Waals surface area contributed by atoms with Crippen LogP contribution in [0.3, 0.4) is 0 Å². The van der Waals surface area contributed by atoms with Crippen LogP contribution in [-0.2, 0) is 18.0 Å². The van der Waals surface area contributed by atoms with Gasteiger partial charge < -0.3 is 19.4 Å². The zero-order valence-corrected chi connectivity index (χ0v) is 18.6. The van der Waals surface area contributed by atoms with Crippen molar-refractivity contribution in [3.63, 3.8) is 0 Å². The van der Waals surface area contributed by atoms with Crippen molar-refractivity contribution in [2.75, 3.05) is 19.0 Å². The van der Waals surface area contributed by atoms with E-state index in [1.54, 1.807) is 7.11 Å². The van der Waals surface area contributed by atoms with Gasteiger partial charge in [0.05, 0.1) is 12.6 Å². The summed E-state index contributed by atoms with van der Waals surface area (Å²) in [6.45, 7) is 8.88. The number of hydrogen-bond donors (Lipinski definition) is 1. The molecule has 0 atom stereocenters. The molecule has 6 nitrogen and oxygen atoms in total. The Hall–Kier alpha value is -2.09. The van der Waals surface area contributed by atoms with Gasteiger partial charge in [0, 0.05) is 32.8 Å². The molecule has 28 heavy (non-hydrogen) atoms. The first-order chi connectivity index (χ1) is 13.4. The molecule has 0 fully saturated rings. The second-order valence-electron chi connectivity index (χ2n) is 7.94. The van der Waals surface area contributed by atoms with Gasteiger partial charge >= 0.3 is 0 Å². The number of anilines is 1. The minimum Gasteiger partial charge on any atom is -0.497 e. The van der Waals surface area contributed by atoms with Crippen LogP contribution in [0.2, 0.25) is 30.8 Å². The van der Waals surface area contributed by atoms with Gasteiger partial charge in [0.15, 0.2) is 11.0 Å². The van der Waals surface area contributed by atoms with Crippen LogP contribution in [0, 0.1) is 0 Å². The number of methoxy groups -OCH3 is 1. The van der Waals surface area contributed by atoms with Crippen LogP contribution in [0.4, 0.5) is 5.82 Å². The second kappa shape index (κ2) is 8.94. The van der Waals surface area contributed by atoms with Crippen LogP contribution in [-0.4, -0.2) is 36.6 Å². The van der Waals surface area contributed by atoms with Gasteiger partial charge in [-0.2, -0.15) is 0 Å². The van der Waals surface area contributed by atoms with E-state index in [1.807, 2.05) is 41.1 Å². The van der Waals surface area contributed by atoms with Gasteiger partial charge in [-0.1, -0.05) is 43.4 Å². The van der Waals surface area contributed by atoms with E-state index in [9.17, 15) is 0 Å². The van der Waals surface area contributed by atoms with E-state index in [0.29, 0.717) is 24.2 Å². The summed E-state index contributed by atoms with van der Waals surface area (Å²) in [4.78, 5) is 0. The van der Waals surface area contributed by atoms with Crippen LogP contribution < -0.4 is 10.1 Å². The molecule has 0 amide bonds. The molecule has 0 aliphatic heterocycles. The summed E-state index contributed by atoms with van der Waals surface area (Å²) in [5.74, 6) is 1.52. The molecule has 0 aliphatic rings. The van der Waals surface area contributed by atoms with Crippen LogP contribution in [0.25, 0.3) is 10.9 Å². The number of benzene rings is 1. The predicted molar refractivity (Wildman–Crippen MR) is 117 cm³/mol. The highest BCUT2D eigenvalue weighted by Crippen LogP contribution is 2.28. The first-order valence-corrected chi connectivity index (χ1v) is 13.4. The zero-order valence-electron chi connectivity index (χ0n) is 16.8. The maximum atomic E-state index is 6.25. The Morgan fingerprint density at radius 1 is 1.11 bits per heavy atom. The van der Waals surface area contributed by atoms with E-state index < -0.39 is 8.07 Å². The van der Waals surface area contributed by atoms with E-state index in [-0.39, 0.29) is 0 Å². The molecule has 0 unspecified atom stereocenters. The van der Waals surface area contributed by atoms with Crippen molar-refractivity contribution in [2.24, 2.45) is 0 Å². The summed E-state index contributed by atoms with van der Waals surface area (Å²) in [7, 11) is 0.551. The second-order valence-corrected chi connectivity index (χ2v) is 13.9. The van der Waals surface area contributed by atoms with Gasteiger partial charge in [-0.05, 0) is 29.8 Å². The fourth-order valence-corrected chi connectivity index (χ4v) is 3.74. The van der Waals surface area contributed by atoms with Crippen LogP contribution >= 0.6 is 11.6 Å². The summed E-state index contributed by atoms with van der Waals surface area (Å²) in [6, 6.07) is 11.0. The lowest BCUT2D eigenvalue weighted by Crippen LogP contribution is -2.22. The van der Waals surface area contributed by atoms with E-state index >= 15 is 0 Å². The van der Waals surface area contributed by atoms with E-state index in [2.05, 4.69) is 35.2 Å². The van der Waals surface area contributed by atoms with Crippen molar-refractivity contribution >= 4 is 36.4 Å². The average Bonchev–Trinajstić information content (AvgIpc) is 3.09. The lowest BCUT2D eigenvalue weighted by molar-refractivity contribution is 0.0903. The summed E-state index contributed by atoms with van der Waals surface area (Å²) in [5.41, 5.74) is 2.02. The van der Waals surface area contributed by atoms with Crippen molar-refractivity contribution in [3.8, 4) is 5.75 Å². The molecule has 1 N–H and O–H groups in total. The third kappa shape index (κ3) is 5.24. The lowest BCUT2D eigenvalue weighted by atomic mass is 10.2. The monoisotopic (exact) mass is 418 g/mol. The fraction of sp³-hybridized carbons (Fsp3) is 0.400. The SMILES string of the molecule is COc1ccc(CNc2nnc(Cl)c3ccn(COCC[Si](C)(C)C)c23)cc1. The van der Waals surface area contributed by atoms with Crippen molar-refractivity contribution in [2.45, 2.75) is 39.0 Å². The molecule has 3 rings (SSSR count). The first kappa shape index (κ1) is 20.6. The number of aromatic nitrogens is 3. The molecule has 2 aromatic heterocycles. The van der Waals surface area contributed by atoms with Gasteiger partial charge in [-0.3, -0.25) is 0 Å². The number of ether oxygens (including phenoxy) is 2. The Bertz CT molecular complexity index is 922. The molecule has 0 saturated carbocycles. The summed E-state index contributed by atoms with van der Waals surface area (Å²) in [5, 5.41) is 13.0. The summed E-state index contributed by atoms with van der Waals surface area (Å²) >= 11 is 6.25. The molecule has 1 aromatic carbocycles. The largest absolute Gasteiger partial charge is 0.497 e. The smallest absolute Gasteiger partial charge is 0.173 e. The molecule has 0 saturated heterocycles. The van der Waals surface area contributed by atoms with E-state index in [0.717, 1.165) is 34.9 Å². The minimum atomic E-state index is -1.11. The molecule has 150 valence electrons. The van der Waals surface area contributed by atoms with Gasteiger partial charge in [-0.25, -0.2) is 0 Å². The third-order valence-corrected chi connectivity index (χ3v) is 6.48. The maximum absolute atomic E-state index is 6.25. The zero-order chi connectivity index (χ0) is 20.1. The topological polar surface area (TPSA) is 61.2 Å². The molecule has 0 spiro atoms. The Kier molecular flexibility index (Phi) is 6.59. The third-order valence-electron chi connectivity index (χ3n) is 4.49. The molecule has 2 heterocycles. The van der Waals surface area contributed by atoms with Gasteiger partial charge in [0.1, 0.15) is 12.5 Å². The molecule has 0 aliphatic carbocycles. The number of nitrogens with one attached hydrogen (secondary N) is 1. The van der Waals surface area contributed by atoms with Gasteiger partial charge in [-0.15, -0.1) is 10.2 Å². The molecular weight excluding hydrogens is 392 g/mol. The fourth-order valence-electron chi connectivity index (χ4n) is 2.79. The Morgan fingerprint density at radius 3 is 2.54 bits per heavy atom. The highest BCUT2D eigenvalue weighted by atomic mass is 35.5. The average molecular weight is 419 g/mol. The lowest BCUT2D eigenvalue weighted by Gasteiger charge is -2.16. The molecular formula is C20H27ClN4O2Si. The number of nitrogens with zero attached hydrogens (tertiary/aromatic N) is 3. The normalized spacial score (nSPS) is 11.8. The summed E-state index contributed by atoms with van der Waals surface area (Å²) in [6.07, 6.45) is 1.97. The van der Waals surface area contributed by atoms with Crippen molar-refractivity contribution < 1.29 is 9.47 Å². The Morgan fingerprint density at radius 2 is 1.86 bits per heavy atom. The van der Waals surface area contributed by atoms with Crippen LogP contribution in [0.1, 0.15) is 5.56 Å². The van der Waals surface area contributed by atoms with Crippen LogP contribution in [0.5, 0.6) is 5.75 Å². The number of fused-ring (bicyclic) bond motifs is 1. The standard InChI is InChI=1S/C20H27ClN4O2Si/c1-26-16-7-5-15(6-8-16)13-22-20-18-17(19(21)23-24-20)9-10-25(18)14-27-11-12-28(2,3)4/h5-10H,11-14H2,1-4H3,(H,22,24). The van der Waals surface area contributed by atoms with E-state index in [4.69, 9.17) is 21.1 Å². The molecule has 3 aromatic rings. The summed E-state index contributed by atoms with van der Waals surface area (Å²) < 4.78 is 13.1. The predicted octanol–water partition coefficient (Wildman–Crippen LogP) is 5.02. The maximum Gasteiger partial charge on any atom is 0.173 e. The number of halogens is 1.